The fraction of sp³-hybridized carbons (Fsp3) is 0.588. The van der Waals surface area contributed by atoms with E-state index in [1.54, 1.807) is 11.8 Å². The second kappa shape index (κ2) is 8.91. The number of hydrogen-bond donors (Lipinski definition) is 1. The van der Waals surface area contributed by atoms with Crippen LogP contribution >= 0.6 is 11.8 Å². The van der Waals surface area contributed by atoms with Crippen molar-refractivity contribution < 1.29 is 9.59 Å². The second-order valence-corrected chi connectivity index (χ2v) is 6.90. The highest BCUT2D eigenvalue weighted by Crippen LogP contribution is 2.27. The van der Waals surface area contributed by atoms with Crippen molar-refractivity contribution in [1.29, 1.82) is 0 Å². The van der Waals surface area contributed by atoms with Gasteiger partial charge in [-0.15, -0.1) is 0 Å². The van der Waals surface area contributed by atoms with Crippen LogP contribution < -0.4 is 5.32 Å². The summed E-state index contributed by atoms with van der Waals surface area (Å²) < 4.78 is 0. The quantitative estimate of drug-likeness (QED) is 0.864. The van der Waals surface area contributed by atoms with Crippen molar-refractivity contribution in [3.63, 3.8) is 0 Å². The molecule has 1 aromatic rings. The monoisotopic (exact) mass is 335 g/mol. The maximum absolute atomic E-state index is 12.7. The summed E-state index contributed by atoms with van der Waals surface area (Å²) in [5.41, 5.74) is 1.30. The Bertz CT molecular complexity index is 516. The number of nitrogens with zero attached hydrogens (tertiary/aromatic N) is 2. The fourth-order valence-electron chi connectivity index (χ4n) is 3.03. The van der Waals surface area contributed by atoms with Crippen LogP contribution in [0.5, 0.6) is 0 Å². The lowest BCUT2D eigenvalue weighted by atomic mass is 9.90. The fourth-order valence-corrected chi connectivity index (χ4v) is 3.50. The van der Waals surface area contributed by atoms with E-state index >= 15 is 0 Å². The summed E-state index contributed by atoms with van der Waals surface area (Å²) in [6.45, 7) is 2.97. The number of likely N-dealkylation sites (tertiary alicyclic amines) is 1. The number of nitrogens with one attached hydrogen (secondary N) is 1. The van der Waals surface area contributed by atoms with E-state index in [-0.39, 0.29) is 11.8 Å². The van der Waals surface area contributed by atoms with Crippen LogP contribution in [0.2, 0.25) is 0 Å². The Hall–Kier alpha value is -1.56. The topological polar surface area (TPSA) is 62.3 Å². The van der Waals surface area contributed by atoms with Gasteiger partial charge in [0.1, 0.15) is 6.04 Å². The zero-order valence-electron chi connectivity index (χ0n) is 13.8. The lowest BCUT2D eigenvalue weighted by molar-refractivity contribution is -0.137. The van der Waals surface area contributed by atoms with E-state index in [0.29, 0.717) is 12.3 Å². The van der Waals surface area contributed by atoms with Crippen LogP contribution in [0.1, 0.15) is 37.7 Å². The van der Waals surface area contributed by atoms with E-state index in [1.807, 2.05) is 23.5 Å². The first-order valence-electron chi connectivity index (χ1n) is 8.06. The molecule has 6 heteroatoms. The molecule has 1 saturated heterocycles. The lowest BCUT2D eigenvalue weighted by Gasteiger charge is -2.34. The molecule has 2 heterocycles. The summed E-state index contributed by atoms with van der Waals surface area (Å²) in [7, 11) is 0. The normalized spacial score (nSPS) is 16.9. The molecule has 1 aliphatic heterocycles. The van der Waals surface area contributed by atoms with Gasteiger partial charge in [-0.1, -0.05) is 0 Å². The van der Waals surface area contributed by atoms with E-state index < -0.39 is 6.04 Å². The number of carbonyl (C=O) groups excluding carboxylic acids is 2. The summed E-state index contributed by atoms with van der Waals surface area (Å²) in [5.74, 6) is 1.27. The number of amides is 2. The van der Waals surface area contributed by atoms with Crippen molar-refractivity contribution in [1.82, 2.24) is 15.2 Å². The van der Waals surface area contributed by atoms with E-state index in [1.165, 1.54) is 12.5 Å². The van der Waals surface area contributed by atoms with Crippen molar-refractivity contribution in [3.8, 4) is 0 Å². The van der Waals surface area contributed by atoms with Crippen molar-refractivity contribution in [2.24, 2.45) is 0 Å². The van der Waals surface area contributed by atoms with Gasteiger partial charge in [-0.25, -0.2) is 0 Å². The zero-order valence-corrected chi connectivity index (χ0v) is 14.6. The molecule has 1 aromatic heterocycles. The van der Waals surface area contributed by atoms with Crippen molar-refractivity contribution in [2.75, 3.05) is 25.1 Å². The molecule has 1 fully saturated rings. The predicted octanol–water partition coefficient (Wildman–Crippen LogP) is 2.05. The molecule has 0 saturated carbocycles. The number of pyridine rings is 1. The maximum Gasteiger partial charge on any atom is 0.245 e. The molecule has 126 valence electrons. The van der Waals surface area contributed by atoms with Gasteiger partial charge in [0.25, 0.3) is 0 Å². The van der Waals surface area contributed by atoms with Crippen LogP contribution in [-0.4, -0.2) is 52.8 Å². The van der Waals surface area contributed by atoms with Gasteiger partial charge in [-0.05, 0) is 54.9 Å². The van der Waals surface area contributed by atoms with Gasteiger partial charge in [-0.3, -0.25) is 14.6 Å². The molecule has 0 bridgehead atoms. The third-order valence-electron chi connectivity index (χ3n) is 4.27. The minimum atomic E-state index is -0.391. The molecule has 1 atom stereocenters. The molecule has 1 N–H and O–H groups in total. The summed E-state index contributed by atoms with van der Waals surface area (Å²) >= 11 is 1.69. The Balaban J connectivity index is 1.91. The Morgan fingerprint density at radius 1 is 1.35 bits per heavy atom. The number of rotatable bonds is 6. The molecule has 5 nitrogen and oxygen atoms in total. The van der Waals surface area contributed by atoms with Gasteiger partial charge in [0.05, 0.1) is 0 Å². The Morgan fingerprint density at radius 3 is 2.57 bits per heavy atom. The van der Waals surface area contributed by atoms with E-state index in [2.05, 4.69) is 22.4 Å². The first-order valence-corrected chi connectivity index (χ1v) is 9.46. The van der Waals surface area contributed by atoms with E-state index in [4.69, 9.17) is 0 Å². The smallest absolute Gasteiger partial charge is 0.245 e. The van der Waals surface area contributed by atoms with Gasteiger partial charge in [0.15, 0.2) is 0 Å². The van der Waals surface area contributed by atoms with Gasteiger partial charge in [0, 0.05) is 32.4 Å². The third-order valence-corrected chi connectivity index (χ3v) is 4.91. The molecule has 0 aliphatic carbocycles. The number of aromatic nitrogens is 1. The molecule has 0 spiro atoms. The molecule has 2 amide bonds. The van der Waals surface area contributed by atoms with Crippen LogP contribution in [0.3, 0.4) is 0 Å². The lowest BCUT2D eigenvalue weighted by Crippen LogP contribution is -2.50. The average Bonchev–Trinajstić information content (AvgIpc) is 2.58. The number of hydrogen-bond acceptors (Lipinski definition) is 4. The number of carbonyl (C=O) groups is 2. The number of piperidine rings is 1. The van der Waals surface area contributed by atoms with Crippen molar-refractivity contribution in [3.05, 3.63) is 30.1 Å². The highest BCUT2D eigenvalue weighted by Gasteiger charge is 2.28. The summed E-state index contributed by atoms with van der Waals surface area (Å²) in [6, 6.07) is 3.72. The van der Waals surface area contributed by atoms with Crippen LogP contribution in [0.15, 0.2) is 24.5 Å². The summed E-state index contributed by atoms with van der Waals surface area (Å²) in [5, 5.41) is 2.80. The molecular formula is C17H25N3O2S. The standard InChI is InChI=1S/C17H25N3O2S/c1-13(21)19-16(7-12-23-2)17(22)20-10-5-15(6-11-20)14-3-8-18-9-4-14/h3-4,8-9,15-16H,5-7,10-12H2,1-2H3,(H,19,21)/t16-/m0/s1. The van der Waals surface area contributed by atoms with Crippen LogP contribution in [-0.2, 0) is 9.59 Å². The molecule has 23 heavy (non-hydrogen) atoms. The van der Waals surface area contributed by atoms with Crippen molar-refractivity contribution in [2.45, 2.75) is 38.1 Å². The van der Waals surface area contributed by atoms with Gasteiger partial charge in [-0.2, -0.15) is 11.8 Å². The van der Waals surface area contributed by atoms with E-state index in [9.17, 15) is 9.59 Å². The Kier molecular flexibility index (Phi) is 6.89. The molecule has 1 aliphatic rings. The Morgan fingerprint density at radius 2 is 2.00 bits per heavy atom. The maximum atomic E-state index is 12.7. The molecule has 0 radical (unpaired) electrons. The molecule has 2 rings (SSSR count). The summed E-state index contributed by atoms with van der Waals surface area (Å²) in [6.07, 6.45) is 8.26. The van der Waals surface area contributed by atoms with Crippen molar-refractivity contribution >= 4 is 23.6 Å². The molecule has 0 aromatic carbocycles. The minimum absolute atomic E-state index is 0.0578. The van der Waals surface area contributed by atoms with Crippen LogP contribution in [0.25, 0.3) is 0 Å². The third kappa shape index (κ3) is 5.23. The Labute approximate surface area is 142 Å². The van der Waals surface area contributed by atoms with E-state index in [0.717, 1.165) is 31.7 Å². The predicted molar refractivity (Wildman–Crippen MR) is 93.4 cm³/mol. The highest BCUT2D eigenvalue weighted by molar-refractivity contribution is 7.98. The average molecular weight is 335 g/mol. The van der Waals surface area contributed by atoms with Crippen LogP contribution in [0, 0.1) is 0 Å². The number of thioether (sulfide) groups is 1. The van der Waals surface area contributed by atoms with Crippen LogP contribution in [0.4, 0.5) is 0 Å². The first kappa shape index (κ1) is 17.8. The van der Waals surface area contributed by atoms with Gasteiger partial charge in [0.2, 0.25) is 11.8 Å². The summed E-state index contributed by atoms with van der Waals surface area (Å²) in [4.78, 5) is 30.0. The molecular weight excluding hydrogens is 310 g/mol. The zero-order chi connectivity index (χ0) is 16.7. The first-order chi connectivity index (χ1) is 11.1. The largest absolute Gasteiger partial charge is 0.345 e. The second-order valence-electron chi connectivity index (χ2n) is 5.91. The highest BCUT2D eigenvalue weighted by atomic mass is 32.2. The van der Waals surface area contributed by atoms with Gasteiger partial charge >= 0.3 is 0 Å². The van der Waals surface area contributed by atoms with Gasteiger partial charge < -0.3 is 10.2 Å². The molecule has 0 unspecified atom stereocenters. The SMILES string of the molecule is CSCC[C@H](NC(C)=O)C(=O)N1CCC(c2ccncc2)CC1. The minimum Gasteiger partial charge on any atom is -0.345 e.